The molecule has 1 heterocycles. The van der Waals surface area contributed by atoms with Crippen molar-refractivity contribution in [3.8, 4) is 0 Å². The summed E-state index contributed by atoms with van der Waals surface area (Å²) in [6.07, 6.45) is 5.06. The Morgan fingerprint density at radius 3 is 2.52 bits per heavy atom. The lowest BCUT2D eigenvalue weighted by molar-refractivity contribution is -0.0178. The maximum Gasteiger partial charge on any atom is 0.228 e. The smallest absolute Gasteiger partial charge is 0.228 e. The second-order valence-corrected chi connectivity index (χ2v) is 7.10. The van der Waals surface area contributed by atoms with Crippen LogP contribution in [0.25, 0.3) is 0 Å². The number of hydrogen-bond donors (Lipinski definition) is 1. The van der Waals surface area contributed by atoms with Gasteiger partial charge in [-0.1, -0.05) is 32.9 Å². The maximum absolute atomic E-state index is 5.72. The van der Waals surface area contributed by atoms with Crippen LogP contribution in [0.3, 0.4) is 0 Å². The number of nitrogens with one attached hydrogen (secondary N) is 1. The highest BCUT2D eigenvalue weighted by atomic mass is 16.5. The van der Waals surface area contributed by atoms with Gasteiger partial charge >= 0.3 is 0 Å². The molecule has 120 valence electrons. The zero-order chi connectivity index (χ0) is 15.5. The Balaban J connectivity index is 2.12. The van der Waals surface area contributed by atoms with Gasteiger partial charge in [0.1, 0.15) is 5.60 Å². The number of hydrogen-bond acceptors (Lipinski definition) is 5. The monoisotopic (exact) mass is 295 g/mol. The van der Waals surface area contributed by atoms with Gasteiger partial charge in [-0.05, 0) is 37.6 Å². The minimum absolute atomic E-state index is 0.150. The van der Waals surface area contributed by atoms with Crippen LogP contribution in [0.15, 0.2) is 4.52 Å². The van der Waals surface area contributed by atoms with Crippen molar-refractivity contribution in [2.75, 3.05) is 13.7 Å². The fourth-order valence-corrected chi connectivity index (χ4v) is 3.09. The number of rotatable bonds is 6. The van der Waals surface area contributed by atoms with Crippen molar-refractivity contribution in [3.63, 3.8) is 0 Å². The zero-order valence-corrected chi connectivity index (χ0v) is 14.0. The van der Waals surface area contributed by atoms with Crippen molar-refractivity contribution < 1.29 is 9.26 Å². The second-order valence-electron chi connectivity index (χ2n) is 7.10. The molecule has 5 heteroatoms. The van der Waals surface area contributed by atoms with Gasteiger partial charge in [-0.3, -0.25) is 0 Å². The van der Waals surface area contributed by atoms with Crippen LogP contribution < -0.4 is 5.32 Å². The molecule has 21 heavy (non-hydrogen) atoms. The molecule has 5 nitrogen and oxygen atoms in total. The van der Waals surface area contributed by atoms with Gasteiger partial charge in [0.15, 0.2) is 0 Å². The van der Waals surface area contributed by atoms with Gasteiger partial charge in [0.05, 0.1) is 0 Å². The number of aromatic nitrogens is 2. The molecule has 1 aliphatic rings. The van der Waals surface area contributed by atoms with Gasteiger partial charge in [-0.2, -0.15) is 4.98 Å². The third-order valence-electron chi connectivity index (χ3n) is 4.55. The number of nitrogens with zero attached hydrogens (tertiary/aromatic N) is 2. The Morgan fingerprint density at radius 2 is 2.00 bits per heavy atom. The third-order valence-corrected chi connectivity index (χ3v) is 4.55. The molecule has 1 aliphatic carbocycles. The lowest BCUT2D eigenvalue weighted by Gasteiger charge is -2.30. The highest BCUT2D eigenvalue weighted by Crippen LogP contribution is 2.40. The van der Waals surface area contributed by atoms with Crippen molar-refractivity contribution in [1.29, 1.82) is 0 Å². The molecule has 0 bridgehead atoms. The fraction of sp³-hybridized carbons (Fsp3) is 0.875. The van der Waals surface area contributed by atoms with E-state index in [1.165, 1.54) is 12.8 Å². The summed E-state index contributed by atoms with van der Waals surface area (Å²) in [5, 5.41) is 7.71. The van der Waals surface area contributed by atoms with E-state index < -0.39 is 0 Å². The summed E-state index contributed by atoms with van der Waals surface area (Å²) < 4.78 is 11.2. The van der Waals surface area contributed by atoms with E-state index in [0.29, 0.717) is 11.9 Å². The fourth-order valence-electron chi connectivity index (χ4n) is 3.09. The molecule has 0 saturated heterocycles. The first-order chi connectivity index (χ1) is 9.91. The Morgan fingerprint density at radius 1 is 1.33 bits per heavy atom. The van der Waals surface area contributed by atoms with Gasteiger partial charge < -0.3 is 14.6 Å². The van der Waals surface area contributed by atoms with E-state index in [9.17, 15) is 0 Å². The zero-order valence-electron chi connectivity index (χ0n) is 14.0. The Kier molecular flexibility index (Phi) is 5.04. The molecule has 1 fully saturated rings. The predicted molar refractivity (Wildman–Crippen MR) is 82.1 cm³/mol. The third kappa shape index (κ3) is 3.64. The van der Waals surface area contributed by atoms with Gasteiger partial charge in [0, 0.05) is 19.6 Å². The summed E-state index contributed by atoms with van der Waals surface area (Å²) in [4.78, 5) is 4.63. The maximum atomic E-state index is 5.72. The van der Waals surface area contributed by atoms with Crippen molar-refractivity contribution in [2.45, 2.75) is 71.4 Å². The summed E-state index contributed by atoms with van der Waals surface area (Å²) >= 11 is 0. The quantitative estimate of drug-likeness (QED) is 0.874. The summed E-state index contributed by atoms with van der Waals surface area (Å²) in [6.45, 7) is 9.74. The van der Waals surface area contributed by atoms with Crippen LogP contribution in [0, 0.1) is 5.41 Å². The van der Waals surface area contributed by atoms with Crippen molar-refractivity contribution in [3.05, 3.63) is 11.7 Å². The molecule has 1 unspecified atom stereocenters. The Bertz CT molecular complexity index is 445. The lowest BCUT2D eigenvalue weighted by Crippen LogP contribution is -2.42. The Labute approximate surface area is 127 Å². The number of methoxy groups -OCH3 is 1. The molecule has 1 N–H and O–H groups in total. The minimum Gasteiger partial charge on any atom is -0.370 e. The first-order valence-electron chi connectivity index (χ1n) is 8.03. The van der Waals surface area contributed by atoms with E-state index >= 15 is 0 Å². The first-order valence-corrected chi connectivity index (χ1v) is 8.03. The van der Waals surface area contributed by atoms with E-state index in [0.717, 1.165) is 31.6 Å². The van der Waals surface area contributed by atoms with Crippen LogP contribution in [-0.2, 0) is 16.8 Å². The Hall–Kier alpha value is -0.940. The molecule has 1 aromatic heterocycles. The lowest BCUT2D eigenvalue weighted by atomic mass is 9.84. The minimum atomic E-state index is -0.322. The summed E-state index contributed by atoms with van der Waals surface area (Å²) in [5.74, 6) is 1.43. The van der Waals surface area contributed by atoms with Crippen LogP contribution in [0.5, 0.6) is 0 Å². The van der Waals surface area contributed by atoms with Crippen LogP contribution in [-0.4, -0.2) is 29.8 Å². The topological polar surface area (TPSA) is 60.2 Å². The highest BCUT2D eigenvalue weighted by molar-refractivity contribution is 5.05. The largest absolute Gasteiger partial charge is 0.370 e. The van der Waals surface area contributed by atoms with Crippen LogP contribution in [0.2, 0.25) is 0 Å². The van der Waals surface area contributed by atoms with Crippen LogP contribution in [0.1, 0.15) is 65.1 Å². The second kappa shape index (κ2) is 6.44. The van der Waals surface area contributed by atoms with E-state index in [1.807, 2.05) is 0 Å². The van der Waals surface area contributed by atoms with Crippen LogP contribution in [0.4, 0.5) is 0 Å². The first kappa shape index (κ1) is 16.4. The van der Waals surface area contributed by atoms with E-state index in [-0.39, 0.29) is 11.0 Å². The van der Waals surface area contributed by atoms with Crippen LogP contribution >= 0.6 is 0 Å². The van der Waals surface area contributed by atoms with Gasteiger partial charge in [0.25, 0.3) is 0 Å². The van der Waals surface area contributed by atoms with E-state index in [4.69, 9.17) is 9.26 Å². The van der Waals surface area contributed by atoms with Crippen molar-refractivity contribution in [1.82, 2.24) is 15.5 Å². The average molecular weight is 295 g/mol. The molecule has 1 saturated carbocycles. The molecular formula is C16H29N3O2. The molecule has 0 aliphatic heterocycles. The van der Waals surface area contributed by atoms with Crippen molar-refractivity contribution in [2.24, 2.45) is 5.41 Å². The van der Waals surface area contributed by atoms with E-state index in [2.05, 4.69) is 43.2 Å². The normalized spacial score (nSPS) is 19.9. The van der Waals surface area contributed by atoms with Gasteiger partial charge in [0.2, 0.25) is 11.7 Å². The van der Waals surface area contributed by atoms with Gasteiger partial charge in [-0.15, -0.1) is 0 Å². The molecule has 0 aromatic carbocycles. The highest BCUT2D eigenvalue weighted by Gasteiger charge is 2.40. The molecule has 2 rings (SSSR count). The predicted octanol–water partition coefficient (Wildman–Crippen LogP) is 3.05. The summed E-state index contributed by atoms with van der Waals surface area (Å²) in [5.41, 5.74) is -0.173. The number of ether oxygens (including phenoxy) is 1. The molecule has 1 atom stereocenters. The molecule has 1 aromatic rings. The molecule has 0 spiro atoms. The van der Waals surface area contributed by atoms with Crippen molar-refractivity contribution >= 4 is 0 Å². The summed E-state index contributed by atoms with van der Waals surface area (Å²) in [7, 11) is 1.75. The molecule has 0 amide bonds. The van der Waals surface area contributed by atoms with E-state index in [1.54, 1.807) is 7.11 Å². The SMILES string of the molecule is CCNC(Cc1nc(C2(OC)CCCC2)no1)C(C)(C)C. The van der Waals surface area contributed by atoms with Gasteiger partial charge in [-0.25, -0.2) is 0 Å². The molecule has 0 radical (unpaired) electrons. The average Bonchev–Trinajstić information content (AvgIpc) is 3.06. The standard InChI is InChI=1S/C16H29N3O2/c1-6-17-12(15(2,3)4)11-13-18-14(19-21-13)16(20-5)9-7-8-10-16/h12,17H,6-11H2,1-5H3. The molecular weight excluding hydrogens is 266 g/mol. The number of likely N-dealkylation sites (N-methyl/N-ethyl adjacent to an activating group) is 1. The summed E-state index contributed by atoms with van der Waals surface area (Å²) in [6, 6.07) is 0.317.